The molecule has 0 saturated carbocycles. The summed E-state index contributed by atoms with van der Waals surface area (Å²) in [6.45, 7) is 3.43. The fraction of sp³-hybridized carbons (Fsp3) is 0.571. The zero-order valence-electron chi connectivity index (χ0n) is 10.8. The Hall–Kier alpha value is -1.07. The smallest absolute Gasteiger partial charge is 0.194 e. The van der Waals surface area contributed by atoms with Crippen LogP contribution < -0.4 is 5.73 Å². The minimum Gasteiger partial charge on any atom is -0.330 e. The Morgan fingerprint density at radius 1 is 1.11 bits per heavy atom. The van der Waals surface area contributed by atoms with E-state index in [-0.39, 0.29) is 5.92 Å². The van der Waals surface area contributed by atoms with Gasteiger partial charge < -0.3 is 10.6 Å². The van der Waals surface area contributed by atoms with Gasteiger partial charge in [0.15, 0.2) is 17.5 Å². The summed E-state index contributed by atoms with van der Waals surface area (Å²) >= 11 is 0. The van der Waals surface area contributed by atoms with Gasteiger partial charge in [0.2, 0.25) is 0 Å². The van der Waals surface area contributed by atoms with Gasteiger partial charge in [-0.2, -0.15) is 0 Å². The molecule has 1 aromatic carbocycles. The van der Waals surface area contributed by atoms with Crippen molar-refractivity contribution in [3.05, 3.63) is 35.1 Å². The SMILES string of the molecule is NCCCN1CCC(c2cc(F)c(F)c(F)c2)CC1. The van der Waals surface area contributed by atoms with E-state index >= 15 is 0 Å². The molecule has 0 radical (unpaired) electrons. The van der Waals surface area contributed by atoms with Crippen LogP contribution in [-0.2, 0) is 0 Å². The largest absolute Gasteiger partial charge is 0.330 e. The van der Waals surface area contributed by atoms with Crippen molar-refractivity contribution >= 4 is 0 Å². The lowest BCUT2D eigenvalue weighted by atomic mass is 9.89. The fourth-order valence-corrected chi connectivity index (χ4v) is 2.62. The first-order valence-corrected chi connectivity index (χ1v) is 6.68. The molecule has 1 aliphatic heterocycles. The molecule has 1 fully saturated rings. The zero-order valence-corrected chi connectivity index (χ0v) is 10.8. The average molecular weight is 272 g/mol. The van der Waals surface area contributed by atoms with Crippen LogP contribution in [0.25, 0.3) is 0 Å². The van der Waals surface area contributed by atoms with Gasteiger partial charge in [0, 0.05) is 0 Å². The van der Waals surface area contributed by atoms with E-state index in [1.807, 2.05) is 0 Å². The van der Waals surface area contributed by atoms with Crippen molar-refractivity contribution in [2.75, 3.05) is 26.2 Å². The van der Waals surface area contributed by atoms with Crippen LogP contribution in [0.15, 0.2) is 12.1 Å². The maximum absolute atomic E-state index is 13.2. The number of nitrogens with zero attached hydrogens (tertiary/aromatic N) is 1. The Kier molecular flexibility index (Phi) is 4.82. The Morgan fingerprint density at radius 2 is 1.68 bits per heavy atom. The molecule has 5 heteroatoms. The molecule has 2 N–H and O–H groups in total. The van der Waals surface area contributed by atoms with Gasteiger partial charge in [-0.3, -0.25) is 0 Å². The highest BCUT2D eigenvalue weighted by atomic mass is 19.2. The Morgan fingerprint density at radius 3 is 2.21 bits per heavy atom. The minimum atomic E-state index is -1.39. The molecule has 0 atom stereocenters. The first-order valence-electron chi connectivity index (χ1n) is 6.68. The second-order valence-electron chi connectivity index (χ2n) is 5.06. The van der Waals surface area contributed by atoms with Crippen molar-refractivity contribution < 1.29 is 13.2 Å². The summed E-state index contributed by atoms with van der Waals surface area (Å²) in [6, 6.07) is 2.25. The van der Waals surface area contributed by atoms with Crippen molar-refractivity contribution in [2.45, 2.75) is 25.2 Å². The topological polar surface area (TPSA) is 29.3 Å². The van der Waals surface area contributed by atoms with Gasteiger partial charge in [0.1, 0.15) is 0 Å². The lowest BCUT2D eigenvalue weighted by molar-refractivity contribution is 0.211. The van der Waals surface area contributed by atoms with Gasteiger partial charge in [-0.05, 0) is 69.1 Å². The fourth-order valence-electron chi connectivity index (χ4n) is 2.62. The van der Waals surface area contributed by atoms with E-state index in [0.717, 1.165) is 51.0 Å². The molecule has 1 heterocycles. The van der Waals surface area contributed by atoms with E-state index in [1.165, 1.54) is 0 Å². The summed E-state index contributed by atoms with van der Waals surface area (Å²) in [4.78, 5) is 2.31. The maximum Gasteiger partial charge on any atom is 0.194 e. The van der Waals surface area contributed by atoms with Crippen molar-refractivity contribution in [1.82, 2.24) is 4.90 Å². The van der Waals surface area contributed by atoms with Crippen molar-refractivity contribution in [1.29, 1.82) is 0 Å². The highest BCUT2D eigenvalue weighted by Gasteiger charge is 2.22. The van der Waals surface area contributed by atoms with Gasteiger partial charge in [-0.1, -0.05) is 0 Å². The molecule has 1 aromatic rings. The molecular weight excluding hydrogens is 253 g/mol. The number of nitrogens with two attached hydrogens (primary N) is 1. The number of piperidine rings is 1. The Labute approximate surface area is 111 Å². The van der Waals surface area contributed by atoms with Crippen molar-refractivity contribution in [3.8, 4) is 0 Å². The molecule has 0 spiro atoms. The molecule has 1 saturated heterocycles. The summed E-state index contributed by atoms with van der Waals surface area (Å²) in [5.74, 6) is -3.47. The lowest BCUT2D eigenvalue weighted by Crippen LogP contribution is -2.34. The van der Waals surface area contributed by atoms with Crippen LogP contribution in [-0.4, -0.2) is 31.1 Å². The molecule has 19 heavy (non-hydrogen) atoms. The van der Waals surface area contributed by atoms with Crippen LogP contribution in [0.5, 0.6) is 0 Å². The van der Waals surface area contributed by atoms with Crippen LogP contribution in [0.4, 0.5) is 13.2 Å². The predicted octanol–water partition coefficient (Wildman–Crippen LogP) is 2.63. The molecule has 2 nitrogen and oxygen atoms in total. The first-order chi connectivity index (χ1) is 9.11. The van der Waals surface area contributed by atoms with Gasteiger partial charge in [-0.25, -0.2) is 13.2 Å². The van der Waals surface area contributed by atoms with Gasteiger partial charge >= 0.3 is 0 Å². The third kappa shape index (κ3) is 3.48. The van der Waals surface area contributed by atoms with Gasteiger partial charge in [-0.15, -0.1) is 0 Å². The molecular formula is C14H19F3N2. The number of hydrogen-bond donors (Lipinski definition) is 1. The monoisotopic (exact) mass is 272 g/mol. The maximum atomic E-state index is 13.2. The molecule has 0 aliphatic carbocycles. The molecule has 2 rings (SSSR count). The van der Waals surface area contributed by atoms with Crippen LogP contribution in [0, 0.1) is 17.5 Å². The van der Waals surface area contributed by atoms with Crippen LogP contribution >= 0.6 is 0 Å². The van der Waals surface area contributed by atoms with E-state index in [2.05, 4.69) is 4.90 Å². The van der Waals surface area contributed by atoms with Gasteiger partial charge in [0.25, 0.3) is 0 Å². The highest BCUT2D eigenvalue weighted by molar-refractivity contribution is 5.23. The van der Waals surface area contributed by atoms with E-state index in [1.54, 1.807) is 0 Å². The van der Waals surface area contributed by atoms with E-state index < -0.39 is 17.5 Å². The van der Waals surface area contributed by atoms with Gasteiger partial charge in [0.05, 0.1) is 0 Å². The number of benzene rings is 1. The number of halogens is 3. The summed E-state index contributed by atoms with van der Waals surface area (Å²) in [5, 5.41) is 0. The summed E-state index contributed by atoms with van der Waals surface area (Å²) in [7, 11) is 0. The highest BCUT2D eigenvalue weighted by Crippen LogP contribution is 2.29. The second kappa shape index (κ2) is 6.39. The molecule has 106 valence electrons. The van der Waals surface area contributed by atoms with E-state index in [0.29, 0.717) is 12.1 Å². The van der Waals surface area contributed by atoms with E-state index in [9.17, 15) is 13.2 Å². The summed E-state index contributed by atoms with van der Waals surface area (Å²) in [5.41, 5.74) is 6.03. The molecule has 1 aliphatic rings. The Bertz CT molecular complexity index is 406. The van der Waals surface area contributed by atoms with Crippen molar-refractivity contribution in [3.63, 3.8) is 0 Å². The third-order valence-corrected chi connectivity index (χ3v) is 3.74. The average Bonchev–Trinajstić information content (AvgIpc) is 2.42. The summed E-state index contributed by atoms with van der Waals surface area (Å²) < 4.78 is 39.3. The third-order valence-electron chi connectivity index (χ3n) is 3.74. The number of likely N-dealkylation sites (tertiary alicyclic amines) is 1. The quantitative estimate of drug-likeness (QED) is 0.854. The van der Waals surface area contributed by atoms with Crippen LogP contribution in [0.3, 0.4) is 0 Å². The number of hydrogen-bond acceptors (Lipinski definition) is 2. The van der Waals surface area contributed by atoms with Crippen LogP contribution in [0.2, 0.25) is 0 Å². The molecule has 0 unspecified atom stereocenters. The van der Waals surface area contributed by atoms with E-state index in [4.69, 9.17) is 5.73 Å². The molecule has 0 bridgehead atoms. The summed E-state index contributed by atoms with van der Waals surface area (Å²) in [6.07, 6.45) is 2.65. The normalized spacial score (nSPS) is 17.9. The zero-order chi connectivity index (χ0) is 13.8. The first kappa shape index (κ1) is 14.3. The molecule has 0 amide bonds. The predicted molar refractivity (Wildman–Crippen MR) is 68.4 cm³/mol. The standard InChI is InChI=1S/C14H19F3N2/c15-12-8-11(9-13(16)14(12)17)10-2-6-19(7-3-10)5-1-4-18/h8-10H,1-7,18H2. The molecule has 0 aromatic heterocycles. The number of rotatable bonds is 4. The van der Waals surface area contributed by atoms with Crippen LogP contribution in [0.1, 0.15) is 30.7 Å². The lowest BCUT2D eigenvalue weighted by Gasteiger charge is -2.32. The Balaban J connectivity index is 1.98. The second-order valence-corrected chi connectivity index (χ2v) is 5.06. The minimum absolute atomic E-state index is 0.110. The van der Waals surface area contributed by atoms with Crippen molar-refractivity contribution in [2.24, 2.45) is 5.73 Å².